The van der Waals surface area contributed by atoms with Crippen molar-refractivity contribution in [2.75, 3.05) is 7.05 Å². The molecule has 0 saturated heterocycles. The Balaban J connectivity index is 1.70. The molecule has 0 aliphatic carbocycles. The molecule has 0 atom stereocenters. The van der Waals surface area contributed by atoms with E-state index in [2.05, 4.69) is 14.7 Å². The van der Waals surface area contributed by atoms with Crippen LogP contribution in [-0.2, 0) is 6.54 Å². The minimum absolute atomic E-state index is 0.0655. The topological polar surface area (TPSA) is 55.3 Å². The predicted molar refractivity (Wildman–Crippen MR) is 114 cm³/mol. The molecular formula is C24H18F3N3O2. The summed E-state index contributed by atoms with van der Waals surface area (Å²) in [6, 6.07) is 18.3. The highest BCUT2D eigenvalue weighted by atomic mass is 19.4. The van der Waals surface area contributed by atoms with E-state index in [-0.39, 0.29) is 23.8 Å². The minimum atomic E-state index is -4.82. The predicted octanol–water partition coefficient (Wildman–Crippen LogP) is 5.47. The summed E-state index contributed by atoms with van der Waals surface area (Å²) in [4.78, 5) is 23.5. The molecule has 32 heavy (non-hydrogen) atoms. The van der Waals surface area contributed by atoms with Gasteiger partial charge in [-0.1, -0.05) is 36.4 Å². The van der Waals surface area contributed by atoms with Crippen LogP contribution in [-0.4, -0.2) is 34.2 Å². The van der Waals surface area contributed by atoms with E-state index < -0.39 is 6.36 Å². The molecule has 0 unspecified atom stereocenters. The van der Waals surface area contributed by atoms with Gasteiger partial charge in [-0.2, -0.15) is 0 Å². The number of nitrogens with zero attached hydrogens (tertiary/aromatic N) is 3. The summed E-state index contributed by atoms with van der Waals surface area (Å²) in [6.45, 7) is -0.0655. The molecule has 2 aromatic heterocycles. The number of amides is 1. The van der Waals surface area contributed by atoms with Crippen LogP contribution < -0.4 is 4.74 Å². The van der Waals surface area contributed by atoms with Gasteiger partial charge in [-0.25, -0.2) is 4.98 Å². The monoisotopic (exact) mass is 437 g/mol. The Hall–Kier alpha value is -3.94. The van der Waals surface area contributed by atoms with Gasteiger partial charge in [0.25, 0.3) is 5.91 Å². The smallest absolute Gasteiger partial charge is 0.405 e. The molecular weight excluding hydrogens is 419 g/mol. The average Bonchev–Trinajstić information content (AvgIpc) is 2.78. The SMILES string of the molecule is CN(Cc1ccccc1OC(F)(F)F)C(=O)c1cc(-c2cccnc2)nc2ccccc12. The number of para-hydroxylation sites is 2. The average molecular weight is 437 g/mol. The van der Waals surface area contributed by atoms with E-state index in [0.29, 0.717) is 22.2 Å². The number of fused-ring (bicyclic) bond motifs is 1. The van der Waals surface area contributed by atoms with Crippen LogP contribution in [0.1, 0.15) is 15.9 Å². The zero-order valence-corrected chi connectivity index (χ0v) is 17.0. The van der Waals surface area contributed by atoms with Gasteiger partial charge in [0.1, 0.15) is 5.75 Å². The van der Waals surface area contributed by atoms with Gasteiger partial charge in [-0.15, -0.1) is 13.2 Å². The normalized spacial score (nSPS) is 11.4. The molecule has 2 heterocycles. The number of halogens is 3. The van der Waals surface area contributed by atoms with Crippen LogP contribution >= 0.6 is 0 Å². The lowest BCUT2D eigenvalue weighted by molar-refractivity contribution is -0.275. The van der Waals surface area contributed by atoms with Gasteiger partial charge >= 0.3 is 6.36 Å². The van der Waals surface area contributed by atoms with Crippen molar-refractivity contribution < 1.29 is 22.7 Å². The summed E-state index contributed by atoms with van der Waals surface area (Å²) in [7, 11) is 1.53. The first kappa shape index (κ1) is 21.3. The van der Waals surface area contributed by atoms with Crippen LogP contribution in [0.4, 0.5) is 13.2 Å². The van der Waals surface area contributed by atoms with Crippen molar-refractivity contribution in [3.05, 3.63) is 90.3 Å². The Labute approximate surface area is 182 Å². The number of alkyl halides is 3. The molecule has 5 nitrogen and oxygen atoms in total. The lowest BCUT2D eigenvalue weighted by atomic mass is 10.0. The molecule has 0 spiro atoms. The third kappa shape index (κ3) is 4.69. The largest absolute Gasteiger partial charge is 0.573 e. The molecule has 2 aromatic carbocycles. The van der Waals surface area contributed by atoms with E-state index in [1.54, 1.807) is 48.8 Å². The van der Waals surface area contributed by atoms with Crippen molar-refractivity contribution >= 4 is 16.8 Å². The van der Waals surface area contributed by atoms with Crippen LogP contribution in [0.2, 0.25) is 0 Å². The third-order valence-electron chi connectivity index (χ3n) is 4.86. The molecule has 1 amide bonds. The van der Waals surface area contributed by atoms with E-state index in [9.17, 15) is 18.0 Å². The van der Waals surface area contributed by atoms with Gasteiger partial charge in [0.15, 0.2) is 0 Å². The zero-order chi connectivity index (χ0) is 22.7. The number of hydrogen-bond donors (Lipinski definition) is 0. The van der Waals surface area contributed by atoms with Gasteiger partial charge in [0.05, 0.1) is 16.8 Å². The fraction of sp³-hybridized carbons (Fsp3) is 0.125. The standard InChI is InChI=1S/C24H18F3N3O2/c1-30(15-17-7-2-5-11-22(17)32-24(25,26)27)23(31)19-13-21(16-8-6-12-28-14-16)29-20-10-4-3-9-18(19)20/h2-14H,15H2,1H3. The summed E-state index contributed by atoms with van der Waals surface area (Å²) >= 11 is 0. The number of pyridine rings is 2. The van der Waals surface area contributed by atoms with Gasteiger partial charge < -0.3 is 9.64 Å². The van der Waals surface area contributed by atoms with Crippen LogP contribution in [0.5, 0.6) is 5.75 Å². The maximum Gasteiger partial charge on any atom is 0.573 e. The Morgan fingerprint density at radius 3 is 2.53 bits per heavy atom. The molecule has 0 N–H and O–H groups in total. The molecule has 4 aromatic rings. The fourth-order valence-corrected chi connectivity index (χ4v) is 3.41. The van der Waals surface area contributed by atoms with Crippen molar-refractivity contribution in [2.24, 2.45) is 0 Å². The molecule has 0 aliphatic heterocycles. The maximum absolute atomic E-state index is 13.4. The van der Waals surface area contributed by atoms with E-state index >= 15 is 0 Å². The summed E-state index contributed by atoms with van der Waals surface area (Å²) in [6.07, 6.45) is -1.52. The third-order valence-corrected chi connectivity index (χ3v) is 4.86. The lowest BCUT2D eigenvalue weighted by Gasteiger charge is -2.21. The van der Waals surface area contributed by atoms with E-state index in [4.69, 9.17) is 0 Å². The van der Waals surface area contributed by atoms with Gasteiger partial charge in [0.2, 0.25) is 0 Å². The van der Waals surface area contributed by atoms with Crippen LogP contribution in [0.25, 0.3) is 22.2 Å². The summed E-state index contributed by atoms with van der Waals surface area (Å²) < 4.78 is 42.4. The summed E-state index contributed by atoms with van der Waals surface area (Å²) in [5, 5.41) is 0.650. The first-order valence-electron chi connectivity index (χ1n) is 9.71. The maximum atomic E-state index is 13.4. The zero-order valence-electron chi connectivity index (χ0n) is 17.0. The number of rotatable bonds is 5. The van der Waals surface area contributed by atoms with Crippen molar-refractivity contribution in [1.29, 1.82) is 0 Å². The van der Waals surface area contributed by atoms with Gasteiger partial charge in [-0.3, -0.25) is 9.78 Å². The highest BCUT2D eigenvalue weighted by molar-refractivity contribution is 6.07. The van der Waals surface area contributed by atoms with Crippen LogP contribution in [0.3, 0.4) is 0 Å². The number of aromatic nitrogens is 2. The van der Waals surface area contributed by atoms with Gasteiger partial charge in [-0.05, 0) is 30.3 Å². The van der Waals surface area contributed by atoms with Crippen molar-refractivity contribution in [3.63, 3.8) is 0 Å². The second kappa shape index (κ2) is 8.66. The highest BCUT2D eigenvalue weighted by Crippen LogP contribution is 2.29. The van der Waals surface area contributed by atoms with Crippen molar-refractivity contribution in [3.8, 4) is 17.0 Å². The van der Waals surface area contributed by atoms with Crippen molar-refractivity contribution in [2.45, 2.75) is 12.9 Å². The molecule has 0 radical (unpaired) electrons. The first-order valence-corrected chi connectivity index (χ1v) is 9.71. The van der Waals surface area contributed by atoms with Gasteiger partial charge in [0, 0.05) is 42.5 Å². The molecule has 0 aliphatic rings. The molecule has 8 heteroatoms. The Morgan fingerprint density at radius 2 is 1.78 bits per heavy atom. The Bertz CT molecular complexity index is 1260. The van der Waals surface area contributed by atoms with E-state index in [0.717, 1.165) is 5.56 Å². The van der Waals surface area contributed by atoms with E-state index in [1.807, 2.05) is 12.1 Å². The molecule has 0 bridgehead atoms. The van der Waals surface area contributed by atoms with Crippen LogP contribution in [0, 0.1) is 0 Å². The molecule has 4 rings (SSSR count). The Morgan fingerprint density at radius 1 is 1.03 bits per heavy atom. The quantitative estimate of drug-likeness (QED) is 0.416. The second-order valence-electron chi connectivity index (χ2n) is 7.13. The lowest BCUT2D eigenvalue weighted by Crippen LogP contribution is -2.27. The Kier molecular flexibility index (Phi) is 5.77. The number of carbonyl (C=O) groups excluding carboxylic acids is 1. The molecule has 0 fully saturated rings. The first-order chi connectivity index (χ1) is 15.3. The summed E-state index contributed by atoms with van der Waals surface area (Å²) in [5.74, 6) is -0.689. The fourth-order valence-electron chi connectivity index (χ4n) is 3.41. The van der Waals surface area contributed by atoms with E-state index in [1.165, 1.54) is 30.1 Å². The summed E-state index contributed by atoms with van der Waals surface area (Å²) in [5.41, 5.74) is 2.59. The van der Waals surface area contributed by atoms with Crippen molar-refractivity contribution in [1.82, 2.24) is 14.9 Å². The number of ether oxygens (including phenoxy) is 1. The number of hydrogen-bond acceptors (Lipinski definition) is 4. The second-order valence-corrected chi connectivity index (χ2v) is 7.13. The molecule has 162 valence electrons. The number of benzene rings is 2. The highest BCUT2D eigenvalue weighted by Gasteiger charge is 2.32. The molecule has 0 saturated carbocycles. The minimum Gasteiger partial charge on any atom is -0.405 e. The number of carbonyl (C=O) groups is 1. The van der Waals surface area contributed by atoms with Crippen LogP contribution in [0.15, 0.2) is 79.1 Å².